The third-order valence-electron chi connectivity index (χ3n) is 10.2. The fourth-order valence-corrected chi connectivity index (χ4v) is 6.76. The van der Waals surface area contributed by atoms with E-state index in [1.807, 2.05) is 6.08 Å². The third kappa shape index (κ3) is 17.6. The molecule has 12 atom stereocenters. The van der Waals surface area contributed by atoms with Crippen LogP contribution in [0.15, 0.2) is 12.2 Å². The monoisotopic (exact) mass is 764 g/mol. The zero-order valence-corrected chi connectivity index (χ0v) is 32.3. The molecule has 9 N–H and O–H groups in total. The van der Waals surface area contributed by atoms with Gasteiger partial charge in [-0.1, -0.05) is 122 Å². The molecule has 0 aromatic rings. The number of carbonyl (C=O) groups is 1. The largest absolute Gasteiger partial charge is 0.394 e. The second-order valence-electron chi connectivity index (χ2n) is 14.8. The van der Waals surface area contributed by atoms with Gasteiger partial charge in [-0.25, -0.2) is 0 Å². The zero-order chi connectivity index (χ0) is 39.0. The maximum absolute atomic E-state index is 13.0. The second kappa shape index (κ2) is 28.2. The van der Waals surface area contributed by atoms with Crippen LogP contribution >= 0.6 is 0 Å². The van der Waals surface area contributed by atoms with Crippen molar-refractivity contribution in [2.45, 2.75) is 209 Å². The Bertz CT molecular complexity index is 956. The number of aliphatic hydroxyl groups is 8. The Morgan fingerprint density at radius 1 is 0.660 bits per heavy atom. The molecule has 0 bridgehead atoms. The molecule has 53 heavy (non-hydrogen) atoms. The van der Waals surface area contributed by atoms with E-state index in [0.717, 1.165) is 44.9 Å². The highest BCUT2D eigenvalue weighted by Crippen LogP contribution is 2.29. The minimum absolute atomic E-state index is 0.248. The van der Waals surface area contributed by atoms with Gasteiger partial charge in [0, 0.05) is 6.42 Å². The lowest BCUT2D eigenvalue weighted by Gasteiger charge is -2.46. The quantitative estimate of drug-likeness (QED) is 0.0395. The van der Waals surface area contributed by atoms with Crippen LogP contribution in [0.4, 0.5) is 0 Å². The van der Waals surface area contributed by atoms with Gasteiger partial charge in [-0.2, -0.15) is 0 Å². The summed E-state index contributed by atoms with van der Waals surface area (Å²) in [4.78, 5) is 13.0. The number of unbranched alkanes of at least 4 members (excludes halogenated alkanes) is 16. The summed E-state index contributed by atoms with van der Waals surface area (Å²) in [6.07, 6.45) is 7.54. The molecule has 2 fully saturated rings. The van der Waals surface area contributed by atoms with Crippen molar-refractivity contribution in [2.24, 2.45) is 0 Å². The van der Waals surface area contributed by atoms with E-state index in [1.54, 1.807) is 6.08 Å². The Hall–Kier alpha value is -1.27. The highest BCUT2D eigenvalue weighted by molar-refractivity contribution is 5.76. The van der Waals surface area contributed by atoms with Crippen LogP contribution in [0, 0.1) is 0 Å². The Morgan fingerprint density at radius 3 is 1.74 bits per heavy atom. The number of hydrogen-bond acceptors (Lipinski definition) is 13. The highest BCUT2D eigenvalue weighted by Gasteiger charge is 2.50. The minimum atomic E-state index is -1.78. The number of allylic oxidation sites excluding steroid dienone is 1. The van der Waals surface area contributed by atoms with Crippen molar-refractivity contribution in [3.8, 4) is 0 Å². The summed E-state index contributed by atoms with van der Waals surface area (Å²) in [7, 11) is 0. The van der Waals surface area contributed by atoms with E-state index in [1.165, 1.54) is 64.2 Å². The summed E-state index contributed by atoms with van der Waals surface area (Å²) in [6.45, 7) is 2.63. The van der Waals surface area contributed by atoms with Crippen LogP contribution in [0.5, 0.6) is 0 Å². The van der Waals surface area contributed by atoms with E-state index in [2.05, 4.69) is 19.2 Å². The van der Waals surface area contributed by atoms with Crippen LogP contribution in [0.1, 0.15) is 136 Å². The molecule has 0 radical (unpaired) electrons. The average Bonchev–Trinajstić information content (AvgIpc) is 3.15. The molecule has 12 unspecified atom stereocenters. The lowest BCUT2D eigenvalue weighted by atomic mass is 9.97. The molecule has 2 rings (SSSR count). The highest BCUT2D eigenvalue weighted by atomic mass is 16.7. The average molecular weight is 764 g/mol. The second-order valence-corrected chi connectivity index (χ2v) is 14.8. The van der Waals surface area contributed by atoms with E-state index in [9.17, 15) is 45.6 Å². The number of ether oxygens (including phenoxy) is 4. The van der Waals surface area contributed by atoms with E-state index >= 15 is 0 Å². The van der Waals surface area contributed by atoms with Gasteiger partial charge in [-0.3, -0.25) is 4.79 Å². The van der Waals surface area contributed by atoms with Gasteiger partial charge >= 0.3 is 0 Å². The lowest BCUT2D eigenvalue weighted by Crippen LogP contribution is -2.65. The van der Waals surface area contributed by atoms with E-state index in [4.69, 9.17) is 18.9 Å². The maximum Gasteiger partial charge on any atom is 0.220 e. The molecule has 0 aliphatic carbocycles. The molecular weight excluding hydrogens is 690 g/mol. The predicted octanol–water partition coefficient (Wildman–Crippen LogP) is 2.48. The molecule has 14 heteroatoms. The first-order valence-corrected chi connectivity index (χ1v) is 20.4. The number of amides is 1. The van der Waals surface area contributed by atoms with E-state index in [-0.39, 0.29) is 18.9 Å². The van der Waals surface area contributed by atoms with Crippen molar-refractivity contribution in [1.82, 2.24) is 5.32 Å². The van der Waals surface area contributed by atoms with Crippen molar-refractivity contribution in [3.05, 3.63) is 12.2 Å². The molecule has 2 saturated heterocycles. The Balaban J connectivity index is 1.86. The van der Waals surface area contributed by atoms with Crippen molar-refractivity contribution in [3.63, 3.8) is 0 Å². The smallest absolute Gasteiger partial charge is 0.220 e. The van der Waals surface area contributed by atoms with E-state index in [0.29, 0.717) is 6.42 Å². The molecule has 0 spiro atoms. The van der Waals surface area contributed by atoms with E-state index < -0.39 is 86.8 Å². The predicted molar refractivity (Wildman–Crippen MR) is 199 cm³/mol. The van der Waals surface area contributed by atoms with Crippen molar-refractivity contribution < 1.29 is 64.6 Å². The molecule has 312 valence electrons. The third-order valence-corrected chi connectivity index (χ3v) is 10.2. The standard InChI is InChI=1S/C39H73NO13/c1-3-5-7-9-10-11-12-13-14-15-16-17-19-21-23-31(44)40-27(28(43)22-20-18-8-6-4-2)26-50-38-36(49)34(47)37(30(25-42)52-38)53-39-35(48)33(46)32(45)29(24-41)51-39/h20,22,27-30,32-39,41-43,45-49H,3-19,21,23-26H2,1-2H3,(H,40,44)/b22-20+. The summed E-state index contributed by atoms with van der Waals surface area (Å²) in [5.74, 6) is -0.248. The molecule has 14 nitrogen and oxygen atoms in total. The fourth-order valence-electron chi connectivity index (χ4n) is 6.76. The lowest BCUT2D eigenvalue weighted by molar-refractivity contribution is -0.359. The number of nitrogens with one attached hydrogen (secondary N) is 1. The zero-order valence-electron chi connectivity index (χ0n) is 32.3. The van der Waals surface area contributed by atoms with Gasteiger partial charge in [0.15, 0.2) is 12.6 Å². The van der Waals surface area contributed by atoms with Gasteiger partial charge in [0.1, 0.15) is 48.8 Å². The number of aliphatic hydroxyl groups excluding tert-OH is 8. The number of carbonyl (C=O) groups excluding carboxylic acids is 1. The summed E-state index contributed by atoms with van der Waals surface area (Å²) < 4.78 is 22.4. The van der Waals surface area contributed by atoms with Gasteiger partial charge in [0.2, 0.25) is 5.91 Å². The summed E-state index contributed by atoms with van der Waals surface area (Å²) in [5, 5.41) is 85.7. The van der Waals surface area contributed by atoms with Crippen molar-refractivity contribution in [2.75, 3.05) is 19.8 Å². The summed E-state index contributed by atoms with van der Waals surface area (Å²) in [5.41, 5.74) is 0. The van der Waals surface area contributed by atoms with Crippen LogP contribution in [0.25, 0.3) is 0 Å². The fraction of sp³-hybridized carbons (Fsp3) is 0.923. The number of rotatable bonds is 29. The minimum Gasteiger partial charge on any atom is -0.394 e. The normalized spacial score (nSPS) is 30.5. The van der Waals surface area contributed by atoms with Crippen LogP contribution in [-0.4, -0.2) is 140 Å². The van der Waals surface area contributed by atoms with Gasteiger partial charge in [0.05, 0.1) is 32.0 Å². The van der Waals surface area contributed by atoms with Gasteiger partial charge < -0.3 is 65.1 Å². The first kappa shape index (κ1) is 47.9. The Morgan fingerprint density at radius 2 is 1.17 bits per heavy atom. The van der Waals surface area contributed by atoms with Crippen molar-refractivity contribution in [1.29, 1.82) is 0 Å². The number of hydrogen-bond donors (Lipinski definition) is 9. The molecule has 0 aromatic heterocycles. The Labute approximate surface area is 316 Å². The summed E-state index contributed by atoms with van der Waals surface area (Å²) in [6, 6.07) is -0.903. The van der Waals surface area contributed by atoms with Crippen LogP contribution < -0.4 is 5.32 Å². The summed E-state index contributed by atoms with van der Waals surface area (Å²) >= 11 is 0. The molecular formula is C39H73NO13. The van der Waals surface area contributed by atoms with Crippen LogP contribution in [0.3, 0.4) is 0 Å². The van der Waals surface area contributed by atoms with Crippen LogP contribution in [-0.2, 0) is 23.7 Å². The molecule has 1 amide bonds. The first-order chi connectivity index (χ1) is 25.6. The van der Waals surface area contributed by atoms with Gasteiger partial charge in [-0.05, 0) is 19.3 Å². The van der Waals surface area contributed by atoms with Crippen LogP contribution in [0.2, 0.25) is 0 Å². The molecule has 0 aromatic carbocycles. The maximum atomic E-state index is 13.0. The van der Waals surface area contributed by atoms with Gasteiger partial charge in [-0.15, -0.1) is 0 Å². The van der Waals surface area contributed by atoms with Crippen molar-refractivity contribution >= 4 is 5.91 Å². The van der Waals surface area contributed by atoms with Gasteiger partial charge in [0.25, 0.3) is 0 Å². The molecule has 2 heterocycles. The molecule has 0 saturated carbocycles. The molecule has 2 aliphatic rings. The SMILES string of the molecule is CCCCC/C=C/C(O)C(COC1OC(CO)C(OC2OC(CO)C(O)C(O)C2O)C(O)C1O)NC(=O)CCCCCCCCCCCCCCCC. The Kier molecular flexibility index (Phi) is 25.5. The molecule has 2 aliphatic heterocycles. The first-order valence-electron chi connectivity index (χ1n) is 20.4. The topological polar surface area (TPSA) is 228 Å².